The van der Waals surface area contributed by atoms with Crippen LogP contribution in [0.25, 0.3) is 22.3 Å². The summed E-state index contributed by atoms with van der Waals surface area (Å²) in [5.74, 6) is -2.49. The van der Waals surface area contributed by atoms with Crippen molar-refractivity contribution in [3.63, 3.8) is 0 Å². The number of para-hydroxylation sites is 1. The Morgan fingerprint density at radius 2 is 1.71 bits per heavy atom. The van der Waals surface area contributed by atoms with E-state index in [4.69, 9.17) is 24.2 Å². The number of fused-ring (bicyclic) bond motifs is 5. The Balaban J connectivity index is 1.34. The Morgan fingerprint density at radius 1 is 1.00 bits per heavy atom. The first-order chi connectivity index (χ1) is 23.6. The summed E-state index contributed by atoms with van der Waals surface area (Å²) in [6.07, 6.45) is 0.320. The number of pyridine rings is 2. The van der Waals surface area contributed by atoms with E-state index in [9.17, 15) is 24.3 Å². The number of rotatable bonds is 5. The third-order valence-electron chi connectivity index (χ3n) is 9.24. The monoisotopic (exact) mass is 660 g/mol. The fourth-order valence-corrected chi connectivity index (χ4v) is 6.95. The van der Waals surface area contributed by atoms with Crippen molar-refractivity contribution in [2.45, 2.75) is 45.4 Å². The van der Waals surface area contributed by atoms with Crippen molar-refractivity contribution in [2.75, 3.05) is 14.2 Å². The van der Waals surface area contributed by atoms with E-state index in [1.807, 2.05) is 42.5 Å². The lowest BCUT2D eigenvalue weighted by Crippen LogP contribution is -2.32. The molecule has 0 aliphatic carbocycles. The van der Waals surface area contributed by atoms with Gasteiger partial charge < -0.3 is 29.2 Å². The number of carbonyl (C=O) groups excluding carboxylic acids is 3. The van der Waals surface area contributed by atoms with Crippen LogP contribution >= 0.6 is 0 Å². The van der Waals surface area contributed by atoms with Gasteiger partial charge in [0.15, 0.2) is 0 Å². The fourth-order valence-electron chi connectivity index (χ4n) is 6.95. The predicted octanol–water partition coefficient (Wildman–Crippen LogP) is 4.24. The van der Waals surface area contributed by atoms with Crippen LogP contribution in [-0.2, 0) is 41.7 Å². The molecule has 7 rings (SSSR count). The second-order valence-electron chi connectivity index (χ2n) is 12.1. The number of nitrogens with zero attached hydrogens (tertiary/aromatic N) is 3. The number of aliphatic hydroxyl groups is 1. The molecule has 0 fully saturated rings. The molecule has 0 unspecified atom stereocenters. The van der Waals surface area contributed by atoms with Gasteiger partial charge in [-0.15, -0.1) is 0 Å². The number of hydrogen-bond donors (Lipinski definition) is 2. The number of dihydropyridines is 1. The van der Waals surface area contributed by atoms with Gasteiger partial charge in [-0.25, -0.2) is 14.6 Å². The molecule has 4 aromatic rings. The summed E-state index contributed by atoms with van der Waals surface area (Å²) in [5.41, 5.74) is 6.49. The zero-order valence-electron chi connectivity index (χ0n) is 27.2. The summed E-state index contributed by atoms with van der Waals surface area (Å²) in [5, 5.41) is 14.7. The molecule has 2 aromatic heterocycles. The molecule has 5 heterocycles. The molecule has 0 bridgehead atoms. The van der Waals surface area contributed by atoms with Crippen LogP contribution in [0.3, 0.4) is 0 Å². The second-order valence-corrected chi connectivity index (χ2v) is 12.1. The number of methoxy groups -OCH3 is 2. The third-order valence-corrected chi connectivity index (χ3v) is 9.24. The van der Waals surface area contributed by atoms with Crippen LogP contribution in [0.5, 0.6) is 0 Å². The maximum absolute atomic E-state index is 13.7. The van der Waals surface area contributed by atoms with E-state index in [-0.39, 0.29) is 41.8 Å². The van der Waals surface area contributed by atoms with Gasteiger partial charge in [0.25, 0.3) is 5.56 Å². The van der Waals surface area contributed by atoms with Gasteiger partial charge in [0, 0.05) is 34.1 Å². The van der Waals surface area contributed by atoms with Gasteiger partial charge in [-0.1, -0.05) is 30.3 Å². The molecule has 248 valence electrons. The van der Waals surface area contributed by atoms with Crippen molar-refractivity contribution in [3.05, 3.63) is 115 Å². The van der Waals surface area contributed by atoms with Gasteiger partial charge in [-0.05, 0) is 49.2 Å². The standard InChI is InChI=1S/C37H32N4O8/c1-18-31(36(45)47-3)33(32(19(2)39-18)37(46)48-4)20-8-7-9-21(12-20)38-15-24-22-10-5-6-11-27(22)40-34-25(24)16-41-28(34)13-23-26(35(41)44)17-49-30(43)14-29(23)42/h5-13,15,29,33,39,42H,14,16-17H2,1-4H3/t29-/m0/s1. The number of aliphatic hydroxyl groups excluding tert-OH is 1. The fraction of sp³-hybridized carbons (Fsp3) is 0.243. The Bertz CT molecular complexity index is 2230. The number of carbonyl (C=O) groups is 3. The van der Waals surface area contributed by atoms with Crippen LogP contribution in [0.15, 0.2) is 86.9 Å². The summed E-state index contributed by atoms with van der Waals surface area (Å²) in [4.78, 5) is 61.5. The van der Waals surface area contributed by atoms with Crippen molar-refractivity contribution >= 4 is 40.7 Å². The van der Waals surface area contributed by atoms with Crippen LogP contribution in [0, 0.1) is 0 Å². The molecule has 49 heavy (non-hydrogen) atoms. The number of ether oxygens (including phenoxy) is 3. The van der Waals surface area contributed by atoms with Gasteiger partial charge >= 0.3 is 17.9 Å². The normalized spacial score (nSPS) is 17.3. The minimum atomic E-state index is -1.17. The zero-order chi connectivity index (χ0) is 34.6. The third kappa shape index (κ3) is 5.30. The number of esters is 3. The van der Waals surface area contributed by atoms with E-state index < -0.39 is 29.9 Å². The number of nitrogens with one attached hydrogen (secondary N) is 1. The SMILES string of the molecule is COC(=O)C1=C(C)NC(C)=C(C(=O)OC)C1c1cccc(N=Cc2c3c(nc4ccccc24)-c2cc4c(c(=O)n2C3)COC(=O)C[C@@H]4O)c1. The highest BCUT2D eigenvalue weighted by Crippen LogP contribution is 2.41. The van der Waals surface area contributed by atoms with E-state index in [0.29, 0.717) is 45.1 Å². The van der Waals surface area contributed by atoms with Crippen molar-refractivity contribution < 1.29 is 33.7 Å². The maximum atomic E-state index is 13.7. The van der Waals surface area contributed by atoms with Crippen molar-refractivity contribution in [3.8, 4) is 11.4 Å². The highest BCUT2D eigenvalue weighted by Gasteiger charge is 2.38. The smallest absolute Gasteiger partial charge is 0.336 e. The zero-order valence-corrected chi connectivity index (χ0v) is 27.2. The van der Waals surface area contributed by atoms with Gasteiger partial charge in [-0.2, -0.15) is 0 Å². The molecule has 0 saturated heterocycles. The number of allylic oxidation sites excluding steroid dienone is 2. The van der Waals surface area contributed by atoms with Gasteiger partial charge in [0.05, 0.1) is 78.5 Å². The summed E-state index contributed by atoms with van der Waals surface area (Å²) < 4.78 is 17.0. The number of cyclic esters (lactones) is 1. The first-order valence-corrected chi connectivity index (χ1v) is 15.6. The minimum Gasteiger partial charge on any atom is -0.466 e. The molecular formula is C37H32N4O8. The van der Waals surface area contributed by atoms with Crippen LogP contribution < -0.4 is 10.9 Å². The van der Waals surface area contributed by atoms with E-state index in [0.717, 1.165) is 16.5 Å². The lowest BCUT2D eigenvalue weighted by Gasteiger charge is -2.30. The number of aliphatic imine (C=N–C) groups is 1. The molecule has 2 aromatic carbocycles. The molecule has 3 aliphatic rings. The summed E-state index contributed by atoms with van der Waals surface area (Å²) in [7, 11) is 2.58. The van der Waals surface area contributed by atoms with E-state index in [1.165, 1.54) is 14.2 Å². The average Bonchev–Trinajstić information content (AvgIpc) is 3.39. The van der Waals surface area contributed by atoms with Crippen LogP contribution in [0.1, 0.15) is 60.1 Å². The summed E-state index contributed by atoms with van der Waals surface area (Å²) >= 11 is 0. The van der Waals surface area contributed by atoms with E-state index >= 15 is 0 Å². The molecule has 12 nitrogen and oxygen atoms in total. The highest BCUT2D eigenvalue weighted by atomic mass is 16.5. The van der Waals surface area contributed by atoms with Crippen molar-refractivity contribution in [2.24, 2.45) is 4.99 Å². The molecular weight excluding hydrogens is 628 g/mol. The quantitative estimate of drug-likeness (QED) is 0.159. The Kier molecular flexibility index (Phi) is 7.95. The first kappa shape index (κ1) is 31.7. The molecule has 12 heteroatoms. The topological polar surface area (TPSA) is 158 Å². The van der Waals surface area contributed by atoms with E-state index in [2.05, 4.69) is 5.32 Å². The van der Waals surface area contributed by atoms with Crippen LogP contribution in [0.2, 0.25) is 0 Å². The van der Waals surface area contributed by atoms with Gasteiger partial charge in [0.2, 0.25) is 0 Å². The molecule has 0 amide bonds. The highest BCUT2D eigenvalue weighted by molar-refractivity contribution is 6.03. The Hall–Kier alpha value is -5.88. The average molecular weight is 661 g/mol. The Morgan fingerprint density at radius 3 is 2.43 bits per heavy atom. The van der Waals surface area contributed by atoms with Gasteiger partial charge in [0.1, 0.15) is 6.61 Å². The molecule has 2 N–H and O–H groups in total. The lowest BCUT2D eigenvalue weighted by molar-refractivity contribution is -0.146. The molecule has 0 saturated carbocycles. The number of benzene rings is 2. The molecule has 0 spiro atoms. The summed E-state index contributed by atoms with van der Waals surface area (Å²) in [6, 6.07) is 16.6. The minimum absolute atomic E-state index is 0.203. The predicted molar refractivity (Wildman–Crippen MR) is 179 cm³/mol. The number of hydrogen-bond acceptors (Lipinski definition) is 11. The van der Waals surface area contributed by atoms with E-state index in [1.54, 1.807) is 36.8 Å². The molecule has 3 aliphatic heterocycles. The van der Waals surface area contributed by atoms with Crippen molar-refractivity contribution in [1.29, 1.82) is 0 Å². The molecule has 1 atom stereocenters. The largest absolute Gasteiger partial charge is 0.466 e. The van der Waals surface area contributed by atoms with Gasteiger partial charge in [-0.3, -0.25) is 14.6 Å². The molecule has 0 radical (unpaired) electrons. The summed E-state index contributed by atoms with van der Waals surface area (Å²) in [6.45, 7) is 3.50. The van der Waals surface area contributed by atoms with Crippen LogP contribution in [0.4, 0.5) is 5.69 Å². The first-order valence-electron chi connectivity index (χ1n) is 15.6. The Labute approximate surface area is 280 Å². The van der Waals surface area contributed by atoms with Crippen molar-refractivity contribution in [1.82, 2.24) is 14.9 Å². The lowest BCUT2D eigenvalue weighted by atomic mass is 9.80. The second kappa shape index (κ2) is 12.3. The maximum Gasteiger partial charge on any atom is 0.336 e. The number of aromatic nitrogens is 2. The van der Waals surface area contributed by atoms with Crippen LogP contribution in [-0.4, -0.2) is 53.0 Å².